The van der Waals surface area contributed by atoms with E-state index in [2.05, 4.69) is 5.32 Å². The molecule has 0 fully saturated rings. The van der Waals surface area contributed by atoms with Crippen molar-refractivity contribution in [2.45, 2.75) is 25.8 Å². The highest BCUT2D eigenvalue weighted by molar-refractivity contribution is 6.31. The first-order chi connectivity index (χ1) is 7.54. The highest BCUT2D eigenvalue weighted by Crippen LogP contribution is 2.26. The van der Waals surface area contributed by atoms with E-state index in [9.17, 15) is 9.90 Å². The third kappa shape index (κ3) is 4.81. The average Bonchev–Trinajstić information content (AvgIpc) is 2.23. The number of carbonyl (C=O) groups excluding carboxylic acids is 1. The van der Waals surface area contributed by atoms with Crippen LogP contribution >= 0.6 is 24.0 Å². The van der Waals surface area contributed by atoms with E-state index in [1.807, 2.05) is 6.92 Å². The van der Waals surface area contributed by atoms with Crippen molar-refractivity contribution in [3.63, 3.8) is 0 Å². The Balaban J connectivity index is 0.00000256. The second-order valence-electron chi connectivity index (χ2n) is 3.55. The van der Waals surface area contributed by atoms with Crippen molar-refractivity contribution in [2.24, 2.45) is 5.73 Å². The summed E-state index contributed by atoms with van der Waals surface area (Å²) < 4.78 is 0. The number of nitrogens with two attached hydrogens (primary N) is 1. The zero-order valence-corrected chi connectivity index (χ0v) is 11.0. The van der Waals surface area contributed by atoms with Gasteiger partial charge >= 0.3 is 0 Å². The Kier molecular flexibility index (Phi) is 6.95. The van der Waals surface area contributed by atoms with Crippen molar-refractivity contribution in [2.75, 3.05) is 5.32 Å². The molecule has 96 valence electrons. The van der Waals surface area contributed by atoms with Gasteiger partial charge in [-0.05, 0) is 24.6 Å². The number of benzene rings is 1. The number of hydrogen-bond acceptors (Lipinski definition) is 3. The van der Waals surface area contributed by atoms with Gasteiger partial charge in [0.05, 0.1) is 11.7 Å². The largest absolute Gasteiger partial charge is 0.506 e. The van der Waals surface area contributed by atoms with E-state index in [-0.39, 0.29) is 29.8 Å². The molecule has 1 amide bonds. The number of aromatic hydroxyl groups is 1. The Hall–Kier alpha value is -0.970. The first-order valence-electron chi connectivity index (χ1n) is 5.09. The molecule has 1 aromatic rings. The predicted octanol–water partition coefficient (Wildman–Crippen LogP) is 2.53. The Morgan fingerprint density at radius 1 is 1.59 bits per heavy atom. The van der Waals surface area contributed by atoms with Crippen LogP contribution in [0.15, 0.2) is 18.2 Å². The number of rotatable bonds is 4. The van der Waals surface area contributed by atoms with Gasteiger partial charge in [0.1, 0.15) is 5.75 Å². The lowest BCUT2D eigenvalue weighted by molar-refractivity contribution is -0.117. The van der Waals surface area contributed by atoms with Crippen molar-refractivity contribution in [1.82, 2.24) is 0 Å². The normalized spacial score (nSPS) is 11.5. The number of phenolic OH excluding ortho intramolecular Hbond substituents is 1. The van der Waals surface area contributed by atoms with Crippen molar-refractivity contribution >= 4 is 35.6 Å². The molecule has 1 atom stereocenters. The van der Waals surface area contributed by atoms with Crippen LogP contribution in [0, 0.1) is 0 Å². The monoisotopic (exact) mass is 278 g/mol. The molecule has 0 radical (unpaired) electrons. The summed E-state index contributed by atoms with van der Waals surface area (Å²) in [5.74, 6) is -0.346. The minimum atomic E-state index is -0.566. The summed E-state index contributed by atoms with van der Waals surface area (Å²) >= 11 is 5.75. The van der Waals surface area contributed by atoms with Crippen LogP contribution in [0.25, 0.3) is 0 Å². The number of phenols is 1. The summed E-state index contributed by atoms with van der Waals surface area (Å²) in [6.45, 7) is 1.95. The maximum atomic E-state index is 11.6. The summed E-state index contributed by atoms with van der Waals surface area (Å²) in [5.41, 5.74) is 5.92. The van der Waals surface area contributed by atoms with E-state index in [0.717, 1.165) is 6.42 Å². The zero-order valence-electron chi connectivity index (χ0n) is 9.44. The SMILES string of the molecule is CCCC(N)C(=O)Nc1cc(Cl)ccc1O.Cl. The number of carbonyl (C=O) groups is 1. The van der Waals surface area contributed by atoms with Crippen molar-refractivity contribution in [1.29, 1.82) is 0 Å². The summed E-state index contributed by atoms with van der Waals surface area (Å²) in [4.78, 5) is 11.6. The smallest absolute Gasteiger partial charge is 0.241 e. The maximum Gasteiger partial charge on any atom is 0.241 e. The number of nitrogens with one attached hydrogen (secondary N) is 1. The van der Waals surface area contributed by atoms with E-state index in [4.69, 9.17) is 17.3 Å². The van der Waals surface area contributed by atoms with Gasteiger partial charge in [0.25, 0.3) is 0 Å². The molecule has 0 aliphatic carbocycles. The maximum absolute atomic E-state index is 11.6. The van der Waals surface area contributed by atoms with Gasteiger partial charge in [0.2, 0.25) is 5.91 Å². The minimum absolute atomic E-state index is 0. The van der Waals surface area contributed by atoms with E-state index >= 15 is 0 Å². The molecule has 1 unspecified atom stereocenters. The molecule has 1 aromatic carbocycles. The highest BCUT2D eigenvalue weighted by Gasteiger charge is 2.14. The van der Waals surface area contributed by atoms with Crippen LogP contribution in [0.3, 0.4) is 0 Å². The molecule has 0 aromatic heterocycles. The average molecular weight is 279 g/mol. The Morgan fingerprint density at radius 2 is 2.24 bits per heavy atom. The molecule has 0 heterocycles. The lowest BCUT2D eigenvalue weighted by atomic mass is 10.1. The van der Waals surface area contributed by atoms with Gasteiger partial charge < -0.3 is 16.2 Å². The molecule has 0 aliphatic heterocycles. The second-order valence-corrected chi connectivity index (χ2v) is 3.98. The van der Waals surface area contributed by atoms with Gasteiger partial charge in [-0.25, -0.2) is 0 Å². The van der Waals surface area contributed by atoms with Crippen molar-refractivity contribution < 1.29 is 9.90 Å². The summed E-state index contributed by atoms with van der Waals surface area (Å²) in [7, 11) is 0. The number of halogens is 2. The number of hydrogen-bond donors (Lipinski definition) is 3. The van der Waals surface area contributed by atoms with Crippen molar-refractivity contribution in [3.8, 4) is 5.75 Å². The lowest BCUT2D eigenvalue weighted by Gasteiger charge is -2.12. The van der Waals surface area contributed by atoms with E-state index in [1.165, 1.54) is 12.1 Å². The fraction of sp³-hybridized carbons (Fsp3) is 0.364. The molecule has 0 bridgehead atoms. The third-order valence-corrected chi connectivity index (χ3v) is 2.39. The fourth-order valence-electron chi connectivity index (χ4n) is 1.28. The van der Waals surface area contributed by atoms with E-state index in [1.54, 1.807) is 6.07 Å². The van der Waals surface area contributed by atoms with Gasteiger partial charge in [-0.1, -0.05) is 24.9 Å². The molecule has 0 saturated carbocycles. The van der Waals surface area contributed by atoms with Gasteiger partial charge in [-0.2, -0.15) is 0 Å². The highest BCUT2D eigenvalue weighted by atomic mass is 35.5. The first-order valence-corrected chi connectivity index (χ1v) is 5.47. The zero-order chi connectivity index (χ0) is 12.1. The quantitative estimate of drug-likeness (QED) is 0.741. The van der Waals surface area contributed by atoms with Crippen LogP contribution in [-0.4, -0.2) is 17.1 Å². The summed E-state index contributed by atoms with van der Waals surface area (Å²) in [6, 6.07) is 3.87. The number of amides is 1. The van der Waals surface area contributed by atoms with Gasteiger partial charge in [0.15, 0.2) is 0 Å². The molecule has 1 rings (SSSR count). The summed E-state index contributed by atoms with van der Waals surface area (Å²) in [5, 5.41) is 12.5. The van der Waals surface area contributed by atoms with Crippen LogP contribution in [0.2, 0.25) is 5.02 Å². The molecule has 6 heteroatoms. The fourth-order valence-corrected chi connectivity index (χ4v) is 1.45. The predicted molar refractivity (Wildman–Crippen MR) is 71.9 cm³/mol. The third-order valence-electron chi connectivity index (χ3n) is 2.15. The molecule has 4 nitrogen and oxygen atoms in total. The molecule has 0 spiro atoms. The summed E-state index contributed by atoms with van der Waals surface area (Å²) in [6.07, 6.45) is 1.43. The molecule has 0 aliphatic rings. The van der Waals surface area contributed by atoms with Crippen LogP contribution in [0.5, 0.6) is 5.75 Å². The Labute approximate surface area is 112 Å². The standard InChI is InChI=1S/C11H15ClN2O2.ClH/c1-2-3-8(13)11(16)14-9-6-7(12)4-5-10(9)15;/h4-6,8,15H,2-3,13H2,1H3,(H,14,16);1H. The lowest BCUT2D eigenvalue weighted by Crippen LogP contribution is -2.35. The molecular weight excluding hydrogens is 263 g/mol. The Bertz CT molecular complexity index is 386. The molecular formula is C11H16Cl2N2O2. The molecule has 4 N–H and O–H groups in total. The van der Waals surface area contributed by atoms with E-state index in [0.29, 0.717) is 11.4 Å². The van der Waals surface area contributed by atoms with E-state index < -0.39 is 6.04 Å². The van der Waals surface area contributed by atoms with Gasteiger partial charge in [-0.15, -0.1) is 12.4 Å². The molecule has 17 heavy (non-hydrogen) atoms. The van der Waals surface area contributed by atoms with Crippen LogP contribution in [0.4, 0.5) is 5.69 Å². The minimum Gasteiger partial charge on any atom is -0.506 e. The van der Waals surface area contributed by atoms with Crippen LogP contribution in [0.1, 0.15) is 19.8 Å². The Morgan fingerprint density at radius 3 is 2.82 bits per heavy atom. The van der Waals surface area contributed by atoms with Crippen molar-refractivity contribution in [3.05, 3.63) is 23.2 Å². The van der Waals surface area contributed by atoms with Crippen LogP contribution in [-0.2, 0) is 4.79 Å². The van der Waals surface area contributed by atoms with Gasteiger partial charge in [0, 0.05) is 5.02 Å². The second kappa shape index (κ2) is 7.37. The topological polar surface area (TPSA) is 75.4 Å². The number of anilines is 1. The van der Waals surface area contributed by atoms with Crippen LogP contribution < -0.4 is 11.1 Å². The first kappa shape index (κ1) is 16.0. The molecule has 0 saturated heterocycles. The van der Waals surface area contributed by atoms with Gasteiger partial charge in [-0.3, -0.25) is 4.79 Å².